The van der Waals surface area contributed by atoms with Gasteiger partial charge >= 0.3 is 0 Å². The molecule has 1 N–H and O–H groups in total. The maximum Gasteiger partial charge on any atom is 0.110 e. The SMILES string of the molecule is CC(C)C[C@@H](c1cccnc1Br)N1CCNCC1. The number of aromatic nitrogens is 1. The third kappa shape index (κ3) is 3.53. The van der Waals surface area contributed by atoms with Crippen LogP contribution >= 0.6 is 15.9 Å². The second-order valence-corrected chi connectivity index (χ2v) is 6.07. The minimum Gasteiger partial charge on any atom is -0.314 e. The van der Waals surface area contributed by atoms with Gasteiger partial charge in [0.1, 0.15) is 4.60 Å². The fourth-order valence-electron chi connectivity index (χ4n) is 2.56. The number of halogens is 1. The Balaban J connectivity index is 2.21. The molecule has 0 spiro atoms. The fraction of sp³-hybridized carbons (Fsp3) is 0.643. The first-order chi connectivity index (χ1) is 8.68. The number of pyridine rings is 1. The van der Waals surface area contributed by atoms with Gasteiger partial charge in [0.25, 0.3) is 0 Å². The predicted octanol–water partition coefficient (Wildman–Crippen LogP) is 2.84. The van der Waals surface area contributed by atoms with Gasteiger partial charge in [0, 0.05) is 44.0 Å². The zero-order chi connectivity index (χ0) is 13.0. The van der Waals surface area contributed by atoms with Crippen molar-refractivity contribution in [1.29, 1.82) is 0 Å². The van der Waals surface area contributed by atoms with E-state index in [9.17, 15) is 0 Å². The van der Waals surface area contributed by atoms with Gasteiger partial charge in [0.2, 0.25) is 0 Å². The van der Waals surface area contributed by atoms with Crippen molar-refractivity contribution >= 4 is 15.9 Å². The maximum absolute atomic E-state index is 4.38. The summed E-state index contributed by atoms with van der Waals surface area (Å²) in [5.41, 5.74) is 1.33. The van der Waals surface area contributed by atoms with Crippen LogP contribution in [0.15, 0.2) is 22.9 Å². The van der Waals surface area contributed by atoms with Gasteiger partial charge in [-0.05, 0) is 34.3 Å². The van der Waals surface area contributed by atoms with E-state index in [4.69, 9.17) is 0 Å². The third-order valence-electron chi connectivity index (χ3n) is 3.43. The van der Waals surface area contributed by atoms with E-state index in [-0.39, 0.29) is 0 Å². The maximum atomic E-state index is 4.38. The van der Waals surface area contributed by atoms with Crippen LogP contribution in [0.3, 0.4) is 0 Å². The fourth-order valence-corrected chi connectivity index (χ4v) is 3.07. The Hall–Kier alpha value is -0.450. The van der Waals surface area contributed by atoms with E-state index in [0.29, 0.717) is 12.0 Å². The second-order valence-electron chi connectivity index (χ2n) is 5.31. The van der Waals surface area contributed by atoms with E-state index in [1.54, 1.807) is 0 Å². The van der Waals surface area contributed by atoms with Crippen molar-refractivity contribution in [1.82, 2.24) is 15.2 Å². The summed E-state index contributed by atoms with van der Waals surface area (Å²) in [4.78, 5) is 6.96. The van der Waals surface area contributed by atoms with Gasteiger partial charge in [-0.1, -0.05) is 19.9 Å². The van der Waals surface area contributed by atoms with Crippen LogP contribution in [-0.2, 0) is 0 Å². The van der Waals surface area contributed by atoms with E-state index >= 15 is 0 Å². The smallest absolute Gasteiger partial charge is 0.110 e. The van der Waals surface area contributed by atoms with Crippen LogP contribution in [0.25, 0.3) is 0 Å². The lowest BCUT2D eigenvalue weighted by molar-refractivity contribution is 0.153. The zero-order valence-corrected chi connectivity index (χ0v) is 12.8. The molecular formula is C14H22BrN3. The van der Waals surface area contributed by atoms with E-state index in [1.807, 2.05) is 12.3 Å². The van der Waals surface area contributed by atoms with Crippen molar-refractivity contribution in [2.24, 2.45) is 5.92 Å². The summed E-state index contributed by atoms with van der Waals surface area (Å²) in [6.07, 6.45) is 3.03. The Bertz CT molecular complexity index is 375. The lowest BCUT2D eigenvalue weighted by Gasteiger charge is -2.36. The van der Waals surface area contributed by atoms with Crippen molar-refractivity contribution in [2.45, 2.75) is 26.3 Å². The number of nitrogens with one attached hydrogen (secondary N) is 1. The summed E-state index contributed by atoms with van der Waals surface area (Å²) in [7, 11) is 0. The van der Waals surface area contributed by atoms with Gasteiger partial charge in [0.05, 0.1) is 0 Å². The highest BCUT2D eigenvalue weighted by atomic mass is 79.9. The van der Waals surface area contributed by atoms with E-state index < -0.39 is 0 Å². The van der Waals surface area contributed by atoms with Gasteiger partial charge in [-0.3, -0.25) is 4.90 Å². The molecule has 4 heteroatoms. The van der Waals surface area contributed by atoms with Crippen molar-refractivity contribution in [2.75, 3.05) is 26.2 Å². The van der Waals surface area contributed by atoms with Crippen molar-refractivity contribution in [3.05, 3.63) is 28.5 Å². The molecule has 0 saturated carbocycles. The monoisotopic (exact) mass is 311 g/mol. The molecule has 2 rings (SSSR count). The van der Waals surface area contributed by atoms with Gasteiger partial charge in [-0.25, -0.2) is 4.98 Å². The molecule has 0 radical (unpaired) electrons. The summed E-state index contributed by atoms with van der Waals surface area (Å²) < 4.78 is 0.995. The quantitative estimate of drug-likeness (QED) is 0.867. The Morgan fingerprint density at radius 2 is 2.11 bits per heavy atom. The molecule has 1 atom stereocenters. The van der Waals surface area contributed by atoms with Crippen LogP contribution in [-0.4, -0.2) is 36.1 Å². The molecule has 0 unspecified atom stereocenters. The molecule has 2 heterocycles. The summed E-state index contributed by atoms with van der Waals surface area (Å²) in [5, 5.41) is 3.42. The molecular weight excluding hydrogens is 290 g/mol. The first-order valence-electron chi connectivity index (χ1n) is 6.73. The van der Waals surface area contributed by atoms with Crippen LogP contribution in [0.2, 0.25) is 0 Å². The van der Waals surface area contributed by atoms with Crippen LogP contribution in [0.4, 0.5) is 0 Å². The third-order valence-corrected chi connectivity index (χ3v) is 4.10. The standard InChI is InChI=1S/C14H22BrN3/c1-11(2)10-13(18-8-6-16-7-9-18)12-4-3-5-17-14(12)15/h3-5,11,13,16H,6-10H2,1-2H3/t13-/m0/s1. The number of nitrogens with zero attached hydrogens (tertiary/aromatic N) is 2. The molecule has 1 aliphatic rings. The molecule has 0 aliphatic carbocycles. The predicted molar refractivity (Wildman–Crippen MR) is 78.6 cm³/mol. The van der Waals surface area contributed by atoms with Crippen molar-refractivity contribution in [3.8, 4) is 0 Å². The summed E-state index contributed by atoms with van der Waals surface area (Å²) in [6, 6.07) is 4.72. The van der Waals surface area contributed by atoms with E-state index in [0.717, 1.165) is 30.8 Å². The second kappa shape index (κ2) is 6.64. The molecule has 1 aromatic heterocycles. The number of rotatable bonds is 4. The molecule has 0 bridgehead atoms. The first kappa shape index (κ1) is 14.0. The highest BCUT2D eigenvalue weighted by Gasteiger charge is 2.24. The van der Waals surface area contributed by atoms with Crippen LogP contribution in [0.1, 0.15) is 31.9 Å². The molecule has 1 fully saturated rings. The minimum atomic E-state index is 0.482. The highest BCUT2D eigenvalue weighted by molar-refractivity contribution is 9.10. The molecule has 0 aromatic carbocycles. The van der Waals surface area contributed by atoms with Gasteiger partial charge < -0.3 is 5.32 Å². The lowest BCUT2D eigenvalue weighted by atomic mass is 9.96. The minimum absolute atomic E-state index is 0.482. The van der Waals surface area contributed by atoms with E-state index in [2.05, 4.69) is 51.0 Å². The highest BCUT2D eigenvalue weighted by Crippen LogP contribution is 2.31. The Kier molecular flexibility index (Phi) is 5.15. The Labute approximate surface area is 118 Å². The molecule has 1 aromatic rings. The average Bonchev–Trinajstić information content (AvgIpc) is 2.38. The van der Waals surface area contributed by atoms with Crippen LogP contribution in [0.5, 0.6) is 0 Å². The molecule has 0 amide bonds. The molecule has 1 saturated heterocycles. The number of piperazine rings is 1. The first-order valence-corrected chi connectivity index (χ1v) is 7.53. The number of hydrogen-bond donors (Lipinski definition) is 1. The van der Waals surface area contributed by atoms with Crippen molar-refractivity contribution in [3.63, 3.8) is 0 Å². The number of hydrogen-bond acceptors (Lipinski definition) is 3. The summed E-state index contributed by atoms with van der Waals surface area (Å²) in [5.74, 6) is 0.692. The van der Waals surface area contributed by atoms with E-state index in [1.165, 1.54) is 12.0 Å². The largest absolute Gasteiger partial charge is 0.314 e. The Morgan fingerprint density at radius 3 is 2.72 bits per heavy atom. The van der Waals surface area contributed by atoms with Crippen LogP contribution in [0, 0.1) is 5.92 Å². The van der Waals surface area contributed by atoms with Gasteiger partial charge in [0.15, 0.2) is 0 Å². The average molecular weight is 312 g/mol. The van der Waals surface area contributed by atoms with Gasteiger partial charge in [-0.15, -0.1) is 0 Å². The summed E-state index contributed by atoms with van der Waals surface area (Å²) >= 11 is 3.60. The van der Waals surface area contributed by atoms with Gasteiger partial charge in [-0.2, -0.15) is 0 Å². The lowest BCUT2D eigenvalue weighted by Crippen LogP contribution is -2.45. The normalized spacial score (nSPS) is 19.1. The molecule has 1 aliphatic heterocycles. The topological polar surface area (TPSA) is 28.2 Å². The van der Waals surface area contributed by atoms with Crippen LogP contribution < -0.4 is 5.32 Å². The zero-order valence-electron chi connectivity index (χ0n) is 11.2. The Morgan fingerprint density at radius 1 is 1.39 bits per heavy atom. The molecule has 100 valence electrons. The molecule has 3 nitrogen and oxygen atoms in total. The summed E-state index contributed by atoms with van der Waals surface area (Å²) in [6.45, 7) is 9.01. The van der Waals surface area contributed by atoms with Crippen molar-refractivity contribution < 1.29 is 0 Å². The molecule has 18 heavy (non-hydrogen) atoms.